The summed E-state index contributed by atoms with van der Waals surface area (Å²) in [5, 5.41) is 7.05. The van der Waals surface area contributed by atoms with Gasteiger partial charge >= 0.3 is 0 Å². The van der Waals surface area contributed by atoms with Crippen molar-refractivity contribution in [1.29, 1.82) is 0 Å². The van der Waals surface area contributed by atoms with Gasteiger partial charge in [-0.2, -0.15) is 5.10 Å². The van der Waals surface area contributed by atoms with Gasteiger partial charge in [-0.25, -0.2) is 14.4 Å². The number of amides is 1. The molecule has 4 rings (SSSR count). The van der Waals surface area contributed by atoms with E-state index in [2.05, 4.69) is 20.4 Å². The molecule has 162 valence electrons. The molecule has 4 aromatic rings. The zero-order valence-corrected chi connectivity index (χ0v) is 17.4. The largest absolute Gasteiger partial charge is 0.496 e. The lowest BCUT2D eigenvalue weighted by molar-refractivity contribution is 0.101. The molecule has 0 saturated carbocycles. The highest BCUT2D eigenvalue weighted by molar-refractivity contribution is 6.03. The molecule has 0 atom stereocenters. The first kappa shape index (κ1) is 21.0. The third kappa shape index (κ3) is 4.72. The lowest BCUT2D eigenvalue weighted by Crippen LogP contribution is -2.17. The van der Waals surface area contributed by atoms with E-state index in [9.17, 15) is 9.18 Å². The molecule has 0 aliphatic heterocycles. The van der Waals surface area contributed by atoms with Gasteiger partial charge in [0.15, 0.2) is 0 Å². The van der Waals surface area contributed by atoms with Crippen molar-refractivity contribution in [2.45, 2.75) is 6.61 Å². The second-order valence-electron chi connectivity index (χ2n) is 6.84. The van der Waals surface area contributed by atoms with Gasteiger partial charge in [-0.05, 0) is 36.4 Å². The summed E-state index contributed by atoms with van der Waals surface area (Å²) in [4.78, 5) is 20.9. The van der Waals surface area contributed by atoms with E-state index in [0.717, 1.165) is 5.56 Å². The van der Waals surface area contributed by atoms with Crippen molar-refractivity contribution < 1.29 is 18.7 Å². The van der Waals surface area contributed by atoms with Gasteiger partial charge in [0.2, 0.25) is 5.88 Å². The molecule has 0 aliphatic rings. The molecule has 1 N–H and O–H groups in total. The van der Waals surface area contributed by atoms with Crippen LogP contribution in [0.4, 0.5) is 10.2 Å². The van der Waals surface area contributed by atoms with Crippen molar-refractivity contribution in [2.24, 2.45) is 7.05 Å². The summed E-state index contributed by atoms with van der Waals surface area (Å²) < 4.78 is 25.7. The lowest BCUT2D eigenvalue weighted by atomic mass is 10.1. The highest BCUT2D eigenvalue weighted by Crippen LogP contribution is 2.22. The molecule has 2 aromatic carbocycles. The second kappa shape index (κ2) is 9.25. The number of ether oxygens (including phenoxy) is 2. The summed E-state index contributed by atoms with van der Waals surface area (Å²) in [5.41, 5.74) is 2.44. The van der Waals surface area contributed by atoms with Crippen molar-refractivity contribution in [1.82, 2.24) is 19.7 Å². The SMILES string of the molecule is COc1ccccc1COc1cc(NC(=O)c2cc(-c3ccc(F)cc3)nn2C)ncn1. The molecule has 0 saturated heterocycles. The molecule has 32 heavy (non-hydrogen) atoms. The van der Waals surface area contributed by atoms with Crippen molar-refractivity contribution in [2.75, 3.05) is 12.4 Å². The van der Waals surface area contributed by atoms with Crippen molar-refractivity contribution in [3.8, 4) is 22.9 Å². The quantitative estimate of drug-likeness (QED) is 0.476. The molecular formula is C23H20FN5O3. The Hall–Kier alpha value is -4.27. The Balaban J connectivity index is 1.45. The summed E-state index contributed by atoms with van der Waals surface area (Å²) >= 11 is 0. The molecule has 2 aromatic heterocycles. The topological polar surface area (TPSA) is 91.2 Å². The number of hydrogen-bond donors (Lipinski definition) is 1. The second-order valence-corrected chi connectivity index (χ2v) is 6.84. The van der Waals surface area contributed by atoms with E-state index in [4.69, 9.17) is 9.47 Å². The van der Waals surface area contributed by atoms with Crippen LogP contribution < -0.4 is 14.8 Å². The molecule has 2 heterocycles. The van der Waals surface area contributed by atoms with Crippen LogP contribution in [0.2, 0.25) is 0 Å². The first-order chi connectivity index (χ1) is 15.5. The molecule has 0 spiro atoms. The van der Waals surface area contributed by atoms with E-state index in [-0.39, 0.29) is 18.2 Å². The molecule has 0 aliphatic carbocycles. The normalized spacial score (nSPS) is 10.6. The number of aromatic nitrogens is 4. The molecule has 0 unspecified atom stereocenters. The highest BCUT2D eigenvalue weighted by Gasteiger charge is 2.16. The van der Waals surface area contributed by atoms with Crippen LogP contribution in [0, 0.1) is 5.82 Å². The minimum absolute atomic E-state index is 0.247. The van der Waals surface area contributed by atoms with Crippen LogP contribution in [0.25, 0.3) is 11.3 Å². The summed E-state index contributed by atoms with van der Waals surface area (Å²) in [6, 6.07) is 16.6. The predicted molar refractivity (Wildman–Crippen MR) is 116 cm³/mol. The molecule has 1 amide bonds. The van der Waals surface area contributed by atoms with Gasteiger partial charge in [0.25, 0.3) is 5.91 Å². The van der Waals surface area contributed by atoms with E-state index >= 15 is 0 Å². The third-order valence-electron chi connectivity index (χ3n) is 4.70. The minimum atomic E-state index is -0.400. The lowest BCUT2D eigenvalue weighted by Gasteiger charge is -2.10. The van der Waals surface area contributed by atoms with Crippen molar-refractivity contribution >= 4 is 11.7 Å². The number of methoxy groups -OCH3 is 1. The number of benzene rings is 2. The summed E-state index contributed by atoms with van der Waals surface area (Å²) in [6.45, 7) is 0.247. The van der Waals surface area contributed by atoms with Crippen LogP contribution in [0.15, 0.2) is 67.0 Å². The zero-order valence-electron chi connectivity index (χ0n) is 17.4. The van der Waals surface area contributed by atoms with Gasteiger partial charge in [-0.15, -0.1) is 0 Å². The van der Waals surface area contributed by atoms with E-state index in [1.54, 1.807) is 32.4 Å². The van der Waals surface area contributed by atoms with Crippen LogP contribution in [0.3, 0.4) is 0 Å². The number of carbonyl (C=O) groups excluding carboxylic acids is 1. The van der Waals surface area contributed by atoms with Gasteiger partial charge in [-0.1, -0.05) is 18.2 Å². The van der Waals surface area contributed by atoms with Gasteiger partial charge in [0, 0.05) is 24.2 Å². The number of para-hydroxylation sites is 1. The standard InChI is InChI=1S/C23H20FN5O3/c1-29-19(11-18(28-29)15-7-9-17(24)10-8-15)23(30)27-21-12-22(26-14-25-21)32-13-16-5-3-4-6-20(16)31-2/h3-12,14H,13H2,1-2H3,(H,25,26,27,30). The third-order valence-corrected chi connectivity index (χ3v) is 4.70. The number of halogens is 1. The van der Waals surface area contributed by atoms with E-state index < -0.39 is 5.91 Å². The number of anilines is 1. The Morgan fingerprint density at radius 3 is 2.66 bits per heavy atom. The Bertz CT molecular complexity index is 1240. The molecule has 0 radical (unpaired) electrons. The minimum Gasteiger partial charge on any atom is -0.496 e. The number of nitrogens with zero attached hydrogens (tertiary/aromatic N) is 4. The fourth-order valence-corrected chi connectivity index (χ4v) is 3.08. The maximum Gasteiger partial charge on any atom is 0.275 e. The van der Waals surface area contributed by atoms with Gasteiger partial charge in [0.1, 0.15) is 36.0 Å². The van der Waals surface area contributed by atoms with E-state index in [0.29, 0.717) is 28.6 Å². The predicted octanol–water partition coefficient (Wildman–Crippen LogP) is 3.86. The van der Waals surface area contributed by atoms with Crippen LogP contribution in [0.1, 0.15) is 16.1 Å². The fourth-order valence-electron chi connectivity index (χ4n) is 3.08. The first-order valence-electron chi connectivity index (χ1n) is 9.71. The average Bonchev–Trinajstić information content (AvgIpc) is 3.20. The van der Waals surface area contributed by atoms with Crippen LogP contribution >= 0.6 is 0 Å². The van der Waals surface area contributed by atoms with Gasteiger partial charge in [-0.3, -0.25) is 9.48 Å². The number of rotatable bonds is 7. The monoisotopic (exact) mass is 433 g/mol. The maximum absolute atomic E-state index is 13.2. The Kier molecular flexibility index (Phi) is 6.07. The summed E-state index contributed by atoms with van der Waals surface area (Å²) in [7, 11) is 3.25. The smallest absolute Gasteiger partial charge is 0.275 e. The average molecular weight is 433 g/mol. The fraction of sp³-hybridized carbons (Fsp3) is 0.130. The molecule has 0 bridgehead atoms. The van der Waals surface area contributed by atoms with Crippen molar-refractivity contribution in [3.05, 3.63) is 84.1 Å². The van der Waals surface area contributed by atoms with Gasteiger partial charge in [0.05, 0.1) is 12.8 Å². The number of nitrogens with one attached hydrogen (secondary N) is 1. The number of hydrogen-bond acceptors (Lipinski definition) is 6. The molecular weight excluding hydrogens is 413 g/mol. The molecule has 0 fully saturated rings. The zero-order chi connectivity index (χ0) is 22.5. The number of aryl methyl sites for hydroxylation is 1. The van der Waals surface area contributed by atoms with Crippen molar-refractivity contribution in [3.63, 3.8) is 0 Å². The van der Waals surface area contributed by atoms with Crippen LogP contribution in [-0.4, -0.2) is 32.8 Å². The molecule has 8 nitrogen and oxygen atoms in total. The Labute approximate surface area is 183 Å². The maximum atomic E-state index is 13.2. The highest BCUT2D eigenvalue weighted by atomic mass is 19.1. The van der Waals surface area contributed by atoms with Crippen LogP contribution in [-0.2, 0) is 13.7 Å². The van der Waals surface area contributed by atoms with E-state index in [1.165, 1.54) is 29.2 Å². The Morgan fingerprint density at radius 1 is 1.09 bits per heavy atom. The summed E-state index contributed by atoms with van der Waals surface area (Å²) in [6.07, 6.45) is 1.31. The first-order valence-corrected chi connectivity index (χ1v) is 9.71. The number of carbonyl (C=O) groups is 1. The summed E-state index contributed by atoms with van der Waals surface area (Å²) in [5.74, 6) is 0.559. The van der Waals surface area contributed by atoms with Gasteiger partial charge < -0.3 is 14.8 Å². The van der Waals surface area contributed by atoms with Crippen LogP contribution in [0.5, 0.6) is 11.6 Å². The molecule has 9 heteroatoms. The van der Waals surface area contributed by atoms with E-state index in [1.807, 2.05) is 24.3 Å². The Morgan fingerprint density at radius 2 is 1.88 bits per heavy atom.